The van der Waals surface area contributed by atoms with Gasteiger partial charge in [0.2, 0.25) is 5.91 Å². The third-order valence-corrected chi connectivity index (χ3v) is 4.82. The van der Waals surface area contributed by atoms with E-state index in [0.717, 1.165) is 11.1 Å². The first-order chi connectivity index (χ1) is 15.1. The van der Waals surface area contributed by atoms with Crippen LogP contribution in [-0.4, -0.2) is 10.5 Å². The SMILES string of the molecule is O=C(CCCn1c(=O)oc2ccccc21)NCc1ccc(Oc2ccc(F)cc2)cc1. The number of oxazole rings is 1. The summed E-state index contributed by atoms with van der Waals surface area (Å²) in [5, 5.41) is 2.87. The lowest BCUT2D eigenvalue weighted by atomic mass is 10.2. The van der Waals surface area contributed by atoms with Gasteiger partial charge in [0.25, 0.3) is 0 Å². The Labute approximate surface area is 177 Å². The van der Waals surface area contributed by atoms with E-state index in [1.165, 1.54) is 12.1 Å². The molecule has 0 saturated carbocycles. The van der Waals surface area contributed by atoms with Crippen LogP contribution >= 0.6 is 0 Å². The molecule has 0 aliphatic rings. The number of carbonyl (C=O) groups excluding carboxylic acids is 1. The van der Waals surface area contributed by atoms with Crippen molar-refractivity contribution in [1.82, 2.24) is 9.88 Å². The van der Waals surface area contributed by atoms with E-state index in [1.807, 2.05) is 30.3 Å². The van der Waals surface area contributed by atoms with E-state index in [1.54, 1.807) is 34.9 Å². The fraction of sp³-hybridized carbons (Fsp3) is 0.167. The predicted octanol–water partition coefficient (Wildman–Crippen LogP) is 4.62. The summed E-state index contributed by atoms with van der Waals surface area (Å²) < 4.78 is 25.3. The van der Waals surface area contributed by atoms with Crippen molar-refractivity contribution in [2.75, 3.05) is 0 Å². The van der Waals surface area contributed by atoms with Gasteiger partial charge in [0.1, 0.15) is 17.3 Å². The number of ether oxygens (including phenoxy) is 1. The van der Waals surface area contributed by atoms with Crippen molar-refractivity contribution >= 4 is 17.0 Å². The largest absolute Gasteiger partial charge is 0.457 e. The molecule has 1 amide bonds. The average Bonchev–Trinajstić information content (AvgIpc) is 3.10. The number of aryl methyl sites for hydroxylation is 1. The fourth-order valence-electron chi connectivity index (χ4n) is 3.23. The number of rotatable bonds is 8. The number of amides is 1. The Kier molecular flexibility index (Phi) is 6.12. The Morgan fingerprint density at radius 2 is 1.65 bits per heavy atom. The third-order valence-electron chi connectivity index (χ3n) is 4.82. The molecular weight excluding hydrogens is 399 g/mol. The van der Waals surface area contributed by atoms with Crippen molar-refractivity contribution in [3.63, 3.8) is 0 Å². The average molecular weight is 420 g/mol. The Bertz CT molecular complexity index is 1230. The van der Waals surface area contributed by atoms with Crippen LogP contribution < -0.4 is 15.8 Å². The predicted molar refractivity (Wildman–Crippen MR) is 114 cm³/mol. The molecule has 1 heterocycles. The van der Waals surface area contributed by atoms with Gasteiger partial charge in [0.15, 0.2) is 5.58 Å². The number of carbonyl (C=O) groups is 1. The fourth-order valence-corrected chi connectivity index (χ4v) is 3.23. The van der Waals surface area contributed by atoms with Gasteiger partial charge in [-0.1, -0.05) is 24.3 Å². The molecule has 4 rings (SSSR count). The molecule has 0 aliphatic carbocycles. The lowest BCUT2D eigenvalue weighted by molar-refractivity contribution is -0.121. The van der Waals surface area contributed by atoms with Gasteiger partial charge in [0.05, 0.1) is 5.52 Å². The monoisotopic (exact) mass is 420 g/mol. The van der Waals surface area contributed by atoms with Crippen molar-refractivity contribution in [2.45, 2.75) is 25.9 Å². The van der Waals surface area contributed by atoms with Crippen LogP contribution in [0.3, 0.4) is 0 Å². The molecule has 1 N–H and O–H groups in total. The van der Waals surface area contributed by atoms with Gasteiger partial charge >= 0.3 is 5.76 Å². The number of hydrogen-bond donors (Lipinski definition) is 1. The van der Waals surface area contributed by atoms with Crippen molar-refractivity contribution in [3.8, 4) is 11.5 Å². The molecule has 3 aromatic carbocycles. The van der Waals surface area contributed by atoms with Gasteiger partial charge in [-0.25, -0.2) is 9.18 Å². The topological polar surface area (TPSA) is 73.5 Å². The molecule has 0 radical (unpaired) electrons. The summed E-state index contributed by atoms with van der Waals surface area (Å²) in [4.78, 5) is 24.1. The second-order valence-corrected chi connectivity index (χ2v) is 7.07. The molecule has 0 atom stereocenters. The summed E-state index contributed by atoms with van der Waals surface area (Å²) in [5.41, 5.74) is 2.21. The van der Waals surface area contributed by atoms with E-state index in [0.29, 0.717) is 43.0 Å². The van der Waals surface area contributed by atoms with E-state index in [2.05, 4.69) is 5.32 Å². The maximum Gasteiger partial charge on any atom is 0.419 e. The second-order valence-electron chi connectivity index (χ2n) is 7.07. The van der Waals surface area contributed by atoms with Crippen LogP contribution in [0, 0.1) is 5.82 Å². The Balaban J connectivity index is 1.23. The molecule has 0 spiro atoms. The Hall–Kier alpha value is -3.87. The van der Waals surface area contributed by atoms with E-state index >= 15 is 0 Å². The normalized spacial score (nSPS) is 10.9. The highest BCUT2D eigenvalue weighted by Gasteiger charge is 2.09. The standard InChI is InChI=1S/C24H21FN2O4/c25-18-9-13-20(14-10-18)30-19-11-7-17(8-12-19)16-26-23(28)6-3-15-27-21-4-1-2-5-22(21)31-24(27)29/h1-2,4-5,7-14H,3,6,15-16H2,(H,26,28). The van der Waals surface area contributed by atoms with Gasteiger partial charge in [0, 0.05) is 19.5 Å². The molecule has 0 saturated heterocycles. The summed E-state index contributed by atoms with van der Waals surface area (Å²) in [6, 6.07) is 20.3. The highest BCUT2D eigenvalue weighted by atomic mass is 19.1. The van der Waals surface area contributed by atoms with Crippen LogP contribution in [0.15, 0.2) is 82.0 Å². The molecule has 31 heavy (non-hydrogen) atoms. The van der Waals surface area contributed by atoms with Gasteiger partial charge in [-0.15, -0.1) is 0 Å². The zero-order chi connectivity index (χ0) is 21.6. The summed E-state index contributed by atoms with van der Waals surface area (Å²) in [7, 11) is 0. The van der Waals surface area contributed by atoms with Crippen molar-refractivity contribution < 1.29 is 18.3 Å². The second kappa shape index (κ2) is 9.30. The summed E-state index contributed by atoms with van der Waals surface area (Å²) in [5.74, 6) is 0.354. The minimum atomic E-state index is -0.412. The van der Waals surface area contributed by atoms with Crippen LogP contribution in [0.25, 0.3) is 11.1 Å². The Morgan fingerprint density at radius 3 is 2.39 bits per heavy atom. The smallest absolute Gasteiger partial charge is 0.419 e. The van der Waals surface area contributed by atoms with E-state index in [-0.39, 0.29) is 11.7 Å². The maximum absolute atomic E-state index is 12.9. The number of fused-ring (bicyclic) bond motifs is 1. The summed E-state index contributed by atoms with van der Waals surface area (Å²) in [6.07, 6.45) is 0.831. The first-order valence-electron chi connectivity index (χ1n) is 9.96. The van der Waals surface area contributed by atoms with Crippen LogP contribution in [0.1, 0.15) is 18.4 Å². The van der Waals surface area contributed by atoms with Gasteiger partial charge in [-0.3, -0.25) is 9.36 Å². The molecule has 6 nitrogen and oxygen atoms in total. The lowest BCUT2D eigenvalue weighted by Crippen LogP contribution is -2.23. The van der Waals surface area contributed by atoms with Crippen LogP contribution in [0.4, 0.5) is 4.39 Å². The van der Waals surface area contributed by atoms with Crippen molar-refractivity contribution in [2.24, 2.45) is 0 Å². The zero-order valence-corrected chi connectivity index (χ0v) is 16.7. The highest BCUT2D eigenvalue weighted by molar-refractivity contribution is 5.76. The lowest BCUT2D eigenvalue weighted by Gasteiger charge is -2.08. The van der Waals surface area contributed by atoms with Gasteiger partial charge in [-0.05, 0) is 60.5 Å². The zero-order valence-electron chi connectivity index (χ0n) is 16.7. The molecule has 0 fully saturated rings. The van der Waals surface area contributed by atoms with Crippen molar-refractivity contribution in [1.29, 1.82) is 0 Å². The van der Waals surface area contributed by atoms with E-state index in [9.17, 15) is 14.0 Å². The minimum absolute atomic E-state index is 0.0903. The van der Waals surface area contributed by atoms with Crippen LogP contribution in [0.5, 0.6) is 11.5 Å². The van der Waals surface area contributed by atoms with Gasteiger partial charge < -0.3 is 14.5 Å². The molecule has 7 heteroatoms. The van der Waals surface area contributed by atoms with Crippen LogP contribution in [-0.2, 0) is 17.9 Å². The van der Waals surface area contributed by atoms with Crippen LogP contribution in [0.2, 0.25) is 0 Å². The number of benzene rings is 3. The Morgan fingerprint density at radius 1 is 0.968 bits per heavy atom. The first-order valence-corrected chi connectivity index (χ1v) is 9.96. The van der Waals surface area contributed by atoms with E-state index in [4.69, 9.17) is 9.15 Å². The molecule has 1 aromatic heterocycles. The first kappa shape index (κ1) is 20.4. The third kappa shape index (κ3) is 5.19. The summed E-state index contributed by atoms with van der Waals surface area (Å²) >= 11 is 0. The quantitative estimate of drug-likeness (QED) is 0.451. The van der Waals surface area contributed by atoms with E-state index < -0.39 is 5.76 Å². The number of hydrogen-bond acceptors (Lipinski definition) is 4. The molecule has 0 unspecified atom stereocenters. The number of halogens is 1. The number of nitrogens with one attached hydrogen (secondary N) is 1. The number of nitrogens with zero attached hydrogens (tertiary/aromatic N) is 1. The molecule has 0 aliphatic heterocycles. The molecule has 4 aromatic rings. The maximum atomic E-state index is 12.9. The molecular formula is C24H21FN2O4. The van der Waals surface area contributed by atoms with Crippen molar-refractivity contribution in [3.05, 3.63) is 94.7 Å². The summed E-state index contributed by atoms with van der Waals surface area (Å²) in [6.45, 7) is 0.808. The molecule has 158 valence electrons. The minimum Gasteiger partial charge on any atom is -0.457 e. The number of para-hydroxylation sites is 2. The molecule has 0 bridgehead atoms. The highest BCUT2D eigenvalue weighted by Crippen LogP contribution is 2.21. The van der Waals surface area contributed by atoms with Gasteiger partial charge in [-0.2, -0.15) is 0 Å². The number of aromatic nitrogens is 1.